The van der Waals surface area contributed by atoms with Crippen molar-refractivity contribution in [3.05, 3.63) is 42.0 Å². The molecule has 5 nitrogen and oxygen atoms in total. The van der Waals surface area contributed by atoms with Gasteiger partial charge in [0.1, 0.15) is 0 Å². The number of hydrogen-bond acceptors (Lipinski definition) is 3. The Balaban J connectivity index is 2.09. The highest BCUT2D eigenvalue weighted by Crippen LogP contribution is 2.17. The molecule has 0 spiro atoms. The second-order valence-corrected chi connectivity index (χ2v) is 4.89. The van der Waals surface area contributed by atoms with E-state index in [-0.39, 0.29) is 5.91 Å². The third kappa shape index (κ3) is 3.45. The van der Waals surface area contributed by atoms with E-state index in [0.717, 1.165) is 11.1 Å². The van der Waals surface area contributed by atoms with Crippen molar-refractivity contribution >= 4 is 17.4 Å². The highest BCUT2D eigenvalue weighted by molar-refractivity contribution is 5.87. The summed E-state index contributed by atoms with van der Waals surface area (Å²) in [7, 11) is 0. The Morgan fingerprint density at radius 2 is 2.10 bits per heavy atom. The number of nitrogens with one attached hydrogen (secondary N) is 2. The van der Waals surface area contributed by atoms with Crippen molar-refractivity contribution in [2.75, 3.05) is 6.54 Å². The topological polar surface area (TPSA) is 84.2 Å². The summed E-state index contributed by atoms with van der Waals surface area (Å²) in [5.41, 5.74) is 7.38. The predicted molar refractivity (Wildman–Crippen MR) is 77.6 cm³/mol. The highest BCUT2D eigenvalue weighted by Gasteiger charge is 2.23. The van der Waals surface area contributed by atoms with Crippen LogP contribution in [-0.2, 0) is 9.59 Å². The smallest absolute Gasteiger partial charge is 0.237 e. The van der Waals surface area contributed by atoms with Crippen LogP contribution in [0.2, 0.25) is 0 Å². The number of benzene rings is 1. The van der Waals surface area contributed by atoms with Crippen molar-refractivity contribution < 1.29 is 9.59 Å². The number of amides is 2. The maximum atomic E-state index is 12.0. The minimum absolute atomic E-state index is 0.111. The normalized spacial score (nSPS) is 20.6. The Morgan fingerprint density at radius 1 is 1.40 bits per heavy atom. The predicted octanol–water partition coefficient (Wildman–Crippen LogP) is 0.422. The summed E-state index contributed by atoms with van der Waals surface area (Å²) in [4.78, 5) is 23.1. The molecule has 5 heteroatoms. The number of primary amides is 1. The molecule has 1 aliphatic rings. The molecule has 0 aromatic heterocycles. The van der Waals surface area contributed by atoms with E-state index < -0.39 is 18.0 Å². The summed E-state index contributed by atoms with van der Waals surface area (Å²) in [6.45, 7) is 2.15. The summed E-state index contributed by atoms with van der Waals surface area (Å²) in [5, 5.41) is 5.81. The second-order valence-electron chi connectivity index (χ2n) is 4.89. The van der Waals surface area contributed by atoms with Gasteiger partial charge in [-0.25, -0.2) is 0 Å². The lowest BCUT2D eigenvalue weighted by Crippen LogP contribution is -2.50. The fourth-order valence-corrected chi connectivity index (χ4v) is 2.14. The fourth-order valence-electron chi connectivity index (χ4n) is 2.14. The fraction of sp³-hybridized carbons (Fsp3) is 0.333. The molecule has 1 aromatic rings. The first-order valence-electron chi connectivity index (χ1n) is 6.65. The monoisotopic (exact) mass is 273 g/mol. The number of nitrogens with two attached hydrogens (primary N) is 1. The van der Waals surface area contributed by atoms with Crippen LogP contribution in [0, 0.1) is 0 Å². The maximum absolute atomic E-state index is 12.0. The molecule has 1 aromatic carbocycles. The third-order valence-corrected chi connectivity index (χ3v) is 3.39. The van der Waals surface area contributed by atoms with Gasteiger partial charge in [0, 0.05) is 6.54 Å². The zero-order valence-electron chi connectivity index (χ0n) is 11.4. The Bertz CT molecular complexity index is 525. The van der Waals surface area contributed by atoms with E-state index >= 15 is 0 Å². The van der Waals surface area contributed by atoms with Gasteiger partial charge in [-0.1, -0.05) is 36.4 Å². The van der Waals surface area contributed by atoms with Crippen molar-refractivity contribution in [2.24, 2.45) is 5.73 Å². The number of carbonyl (C=O) groups excluding carboxylic acids is 2. The van der Waals surface area contributed by atoms with Gasteiger partial charge in [-0.15, -0.1) is 0 Å². The average molecular weight is 273 g/mol. The first kappa shape index (κ1) is 14.3. The van der Waals surface area contributed by atoms with Gasteiger partial charge in [0.2, 0.25) is 11.8 Å². The van der Waals surface area contributed by atoms with E-state index in [1.165, 1.54) is 0 Å². The van der Waals surface area contributed by atoms with Gasteiger partial charge < -0.3 is 11.1 Å². The van der Waals surface area contributed by atoms with Crippen LogP contribution in [0.15, 0.2) is 36.4 Å². The van der Waals surface area contributed by atoms with Crippen LogP contribution in [0.1, 0.15) is 18.9 Å². The lowest BCUT2D eigenvalue weighted by molar-refractivity contribution is -0.124. The first-order chi connectivity index (χ1) is 9.58. The van der Waals surface area contributed by atoms with Gasteiger partial charge >= 0.3 is 0 Å². The Hall–Kier alpha value is -2.14. The van der Waals surface area contributed by atoms with Crippen molar-refractivity contribution in [3.63, 3.8) is 0 Å². The first-order valence-corrected chi connectivity index (χ1v) is 6.65. The molecule has 2 amide bonds. The zero-order chi connectivity index (χ0) is 14.5. The summed E-state index contributed by atoms with van der Waals surface area (Å²) in [6.07, 6.45) is 2.56. The minimum atomic E-state index is -0.530. The minimum Gasteiger partial charge on any atom is -0.368 e. The molecule has 1 aliphatic heterocycles. The highest BCUT2D eigenvalue weighted by atomic mass is 16.2. The van der Waals surface area contributed by atoms with Gasteiger partial charge in [-0.05, 0) is 24.5 Å². The average Bonchev–Trinajstić information content (AvgIpc) is 2.63. The molecule has 20 heavy (non-hydrogen) atoms. The van der Waals surface area contributed by atoms with Gasteiger partial charge in [0.15, 0.2) is 0 Å². The maximum Gasteiger partial charge on any atom is 0.237 e. The summed E-state index contributed by atoms with van der Waals surface area (Å²) >= 11 is 0. The molecule has 0 bridgehead atoms. The van der Waals surface area contributed by atoms with Crippen molar-refractivity contribution in [3.8, 4) is 0 Å². The molecular formula is C15H19N3O2. The molecular weight excluding hydrogens is 254 g/mol. The lowest BCUT2D eigenvalue weighted by Gasteiger charge is -2.18. The molecule has 2 atom stereocenters. The zero-order valence-corrected chi connectivity index (χ0v) is 11.4. The van der Waals surface area contributed by atoms with Crippen molar-refractivity contribution in [2.45, 2.75) is 25.4 Å². The standard InChI is InChI=1S/C15H19N3O2/c1-10(14(16)19)18-13-8-7-12(9-17-15(13)20)11-5-3-2-4-6-11/h2-7,10,13,18H,8-9H2,1H3,(H2,16,19)(H,17,20)/t10-,13-/m0/s1. The van der Waals surface area contributed by atoms with Crippen molar-refractivity contribution in [1.82, 2.24) is 10.6 Å². The van der Waals surface area contributed by atoms with E-state index in [2.05, 4.69) is 10.6 Å². The van der Waals surface area contributed by atoms with E-state index in [9.17, 15) is 9.59 Å². The Kier molecular flexibility index (Phi) is 4.53. The van der Waals surface area contributed by atoms with Gasteiger partial charge in [-0.3, -0.25) is 14.9 Å². The lowest BCUT2D eigenvalue weighted by atomic mass is 10.0. The van der Waals surface area contributed by atoms with Crippen molar-refractivity contribution in [1.29, 1.82) is 0 Å². The second kappa shape index (κ2) is 6.34. The molecule has 0 fully saturated rings. The molecule has 2 rings (SSSR count). The SMILES string of the molecule is C[C@H](N[C@H]1CC=C(c2ccccc2)CNC1=O)C(N)=O. The molecule has 4 N–H and O–H groups in total. The molecule has 0 saturated heterocycles. The largest absolute Gasteiger partial charge is 0.368 e. The molecule has 0 aliphatic carbocycles. The molecule has 1 heterocycles. The Labute approximate surface area is 118 Å². The van der Waals surface area contributed by atoms with E-state index in [1.54, 1.807) is 6.92 Å². The van der Waals surface area contributed by atoms with Crippen LogP contribution in [0.3, 0.4) is 0 Å². The molecule has 0 radical (unpaired) electrons. The van der Waals surface area contributed by atoms with Gasteiger partial charge in [0.25, 0.3) is 0 Å². The van der Waals surface area contributed by atoms with E-state index in [1.807, 2.05) is 36.4 Å². The van der Waals surface area contributed by atoms with Crippen LogP contribution in [-0.4, -0.2) is 30.4 Å². The number of carbonyl (C=O) groups is 2. The van der Waals surface area contributed by atoms with Crippen LogP contribution in [0.25, 0.3) is 5.57 Å². The number of hydrogen-bond donors (Lipinski definition) is 3. The van der Waals surface area contributed by atoms with Crippen LogP contribution < -0.4 is 16.4 Å². The van der Waals surface area contributed by atoms with E-state index in [0.29, 0.717) is 13.0 Å². The summed E-state index contributed by atoms with van der Waals surface area (Å²) in [6, 6.07) is 8.95. The van der Waals surface area contributed by atoms with Crippen LogP contribution >= 0.6 is 0 Å². The van der Waals surface area contributed by atoms with Gasteiger partial charge in [-0.2, -0.15) is 0 Å². The van der Waals surface area contributed by atoms with Crippen LogP contribution in [0.5, 0.6) is 0 Å². The van der Waals surface area contributed by atoms with E-state index in [4.69, 9.17) is 5.73 Å². The molecule has 106 valence electrons. The van der Waals surface area contributed by atoms with Crippen LogP contribution in [0.4, 0.5) is 0 Å². The number of rotatable bonds is 4. The summed E-state index contributed by atoms with van der Waals surface area (Å²) < 4.78 is 0. The Morgan fingerprint density at radius 3 is 2.75 bits per heavy atom. The molecule has 0 unspecified atom stereocenters. The summed E-state index contributed by atoms with van der Waals surface area (Å²) in [5.74, 6) is -0.574. The third-order valence-electron chi connectivity index (χ3n) is 3.39. The molecule has 0 saturated carbocycles. The quantitative estimate of drug-likeness (QED) is 0.743. The van der Waals surface area contributed by atoms with Gasteiger partial charge in [0.05, 0.1) is 12.1 Å².